The molecule has 0 aromatic heterocycles. The standard InChI is InChI=1S/C20H21N3O7S.Na/c21-23-22-19-18(31(24,25)26)17(27-11-13-7-3-1-4-8-13)16-15(29-19)12-28-20(30-16)14-9-5-2-6-10-14;/h1-10,15-20H,11-12H2,(H,24,25,26);/q;+1/p-1/t15-,16-,17+,18-,19+,20?;/m1./s1. The third kappa shape index (κ3) is 5.70. The molecule has 0 saturated carbocycles. The second-order valence-corrected chi connectivity index (χ2v) is 8.70. The van der Waals surface area contributed by atoms with Gasteiger partial charge in [-0.15, -0.1) is 0 Å². The first-order chi connectivity index (χ1) is 15.0. The van der Waals surface area contributed by atoms with Crippen LogP contribution in [0.3, 0.4) is 0 Å². The minimum absolute atomic E-state index is 0. The summed E-state index contributed by atoms with van der Waals surface area (Å²) in [7, 11) is -4.97. The Morgan fingerprint density at radius 1 is 1.09 bits per heavy atom. The number of azide groups is 1. The van der Waals surface area contributed by atoms with Gasteiger partial charge in [-0.2, -0.15) is 0 Å². The number of benzene rings is 2. The summed E-state index contributed by atoms with van der Waals surface area (Å²) in [6, 6.07) is 18.2. The Morgan fingerprint density at radius 3 is 2.38 bits per heavy atom. The number of rotatable bonds is 6. The molecule has 32 heavy (non-hydrogen) atoms. The Labute approximate surface area is 207 Å². The predicted octanol–water partition coefficient (Wildman–Crippen LogP) is -0.361. The Kier molecular flexibility index (Phi) is 8.70. The molecular formula is C20H20N3NaO7S. The summed E-state index contributed by atoms with van der Waals surface area (Å²) in [4.78, 5) is 2.64. The quantitative estimate of drug-likeness (QED) is 0.185. The van der Waals surface area contributed by atoms with Crippen LogP contribution in [0, 0.1) is 0 Å². The van der Waals surface area contributed by atoms with Gasteiger partial charge in [-0.1, -0.05) is 65.8 Å². The van der Waals surface area contributed by atoms with Crippen LogP contribution in [0.15, 0.2) is 65.8 Å². The summed E-state index contributed by atoms with van der Waals surface area (Å²) < 4.78 is 59.7. The van der Waals surface area contributed by atoms with Crippen LogP contribution in [0.1, 0.15) is 17.4 Å². The van der Waals surface area contributed by atoms with Gasteiger partial charge >= 0.3 is 29.6 Å². The van der Waals surface area contributed by atoms with Gasteiger partial charge in [0.05, 0.1) is 13.2 Å². The fraction of sp³-hybridized carbons (Fsp3) is 0.400. The molecule has 2 fully saturated rings. The second kappa shape index (κ2) is 11.1. The third-order valence-electron chi connectivity index (χ3n) is 5.16. The van der Waals surface area contributed by atoms with Crippen molar-refractivity contribution in [1.82, 2.24) is 0 Å². The molecule has 2 saturated heterocycles. The van der Waals surface area contributed by atoms with E-state index in [9.17, 15) is 13.0 Å². The van der Waals surface area contributed by atoms with Crippen molar-refractivity contribution in [2.45, 2.75) is 42.7 Å². The second-order valence-electron chi connectivity index (χ2n) is 7.17. The number of hydrogen-bond donors (Lipinski definition) is 0. The maximum atomic E-state index is 12.1. The van der Waals surface area contributed by atoms with Gasteiger partial charge < -0.3 is 23.5 Å². The topological polar surface area (TPSA) is 143 Å². The van der Waals surface area contributed by atoms with Gasteiger partial charge in [0.15, 0.2) is 12.5 Å². The number of hydrogen-bond acceptors (Lipinski definition) is 8. The number of fused-ring (bicyclic) bond motifs is 1. The van der Waals surface area contributed by atoms with Crippen LogP contribution in [-0.2, 0) is 35.7 Å². The molecule has 0 radical (unpaired) electrons. The molecule has 0 aliphatic carbocycles. The molecule has 0 spiro atoms. The molecule has 2 aliphatic rings. The van der Waals surface area contributed by atoms with Crippen molar-refractivity contribution in [2.75, 3.05) is 6.61 Å². The molecule has 164 valence electrons. The van der Waals surface area contributed by atoms with Gasteiger partial charge in [0, 0.05) is 10.5 Å². The molecule has 10 nitrogen and oxygen atoms in total. The van der Waals surface area contributed by atoms with E-state index in [2.05, 4.69) is 10.0 Å². The molecular weight excluding hydrogens is 449 g/mol. The monoisotopic (exact) mass is 469 g/mol. The van der Waals surface area contributed by atoms with Crippen molar-refractivity contribution in [1.29, 1.82) is 0 Å². The summed E-state index contributed by atoms with van der Waals surface area (Å²) in [5.74, 6) is 0. The van der Waals surface area contributed by atoms with Crippen molar-refractivity contribution in [2.24, 2.45) is 5.11 Å². The molecule has 2 aliphatic heterocycles. The molecule has 2 aromatic rings. The van der Waals surface area contributed by atoms with Crippen LogP contribution in [0.2, 0.25) is 0 Å². The van der Waals surface area contributed by atoms with E-state index in [1.54, 1.807) is 24.3 Å². The molecule has 0 N–H and O–H groups in total. The summed E-state index contributed by atoms with van der Waals surface area (Å²) >= 11 is 0. The molecule has 12 heteroatoms. The Balaban J connectivity index is 0.00000289. The number of ether oxygens (including phenoxy) is 4. The molecule has 0 bridgehead atoms. The molecule has 2 heterocycles. The van der Waals surface area contributed by atoms with E-state index in [1.807, 2.05) is 36.4 Å². The van der Waals surface area contributed by atoms with Crippen LogP contribution in [-0.4, -0.2) is 49.4 Å². The Bertz CT molecular complexity index is 1040. The molecule has 0 amide bonds. The Morgan fingerprint density at radius 2 is 1.75 bits per heavy atom. The SMILES string of the molecule is [N-]=[N+]=N[C@H]1O[C@@H]2COC(c3ccccc3)O[C@H]2[C@H](OCc2ccccc2)[C@H]1S(=O)(=O)[O-].[Na+]. The third-order valence-corrected chi connectivity index (χ3v) is 6.33. The predicted molar refractivity (Wildman–Crippen MR) is 106 cm³/mol. The molecule has 6 atom stereocenters. The average Bonchev–Trinajstić information content (AvgIpc) is 2.77. The van der Waals surface area contributed by atoms with E-state index in [0.717, 1.165) is 11.1 Å². The summed E-state index contributed by atoms with van der Waals surface area (Å²) in [5, 5.41) is 1.62. The van der Waals surface area contributed by atoms with Crippen molar-refractivity contribution in [3.63, 3.8) is 0 Å². The largest absolute Gasteiger partial charge is 1.00 e. The van der Waals surface area contributed by atoms with Crippen molar-refractivity contribution in [3.8, 4) is 0 Å². The van der Waals surface area contributed by atoms with Gasteiger partial charge in [-0.05, 0) is 11.1 Å². The van der Waals surface area contributed by atoms with E-state index in [0.29, 0.717) is 0 Å². The van der Waals surface area contributed by atoms with Crippen molar-refractivity contribution < 1.29 is 61.5 Å². The smallest absolute Gasteiger partial charge is 0.748 e. The van der Waals surface area contributed by atoms with E-state index < -0.39 is 46.2 Å². The van der Waals surface area contributed by atoms with E-state index in [1.165, 1.54) is 0 Å². The van der Waals surface area contributed by atoms with Gasteiger partial charge in [-0.3, -0.25) is 0 Å². The maximum Gasteiger partial charge on any atom is 1.00 e. The van der Waals surface area contributed by atoms with Crippen LogP contribution >= 0.6 is 0 Å². The molecule has 1 unspecified atom stereocenters. The van der Waals surface area contributed by atoms with Crippen LogP contribution < -0.4 is 29.6 Å². The van der Waals surface area contributed by atoms with E-state index in [-0.39, 0.29) is 42.8 Å². The van der Waals surface area contributed by atoms with Crippen molar-refractivity contribution in [3.05, 3.63) is 82.2 Å². The van der Waals surface area contributed by atoms with Gasteiger partial charge in [0.2, 0.25) is 0 Å². The van der Waals surface area contributed by atoms with Crippen LogP contribution in [0.25, 0.3) is 10.4 Å². The van der Waals surface area contributed by atoms with Crippen LogP contribution in [0.5, 0.6) is 0 Å². The van der Waals surface area contributed by atoms with Gasteiger partial charge in [0.1, 0.15) is 33.7 Å². The first kappa shape index (κ1) is 25.1. The van der Waals surface area contributed by atoms with Gasteiger partial charge in [-0.25, -0.2) is 8.42 Å². The van der Waals surface area contributed by atoms with Crippen LogP contribution in [0.4, 0.5) is 0 Å². The van der Waals surface area contributed by atoms with E-state index in [4.69, 9.17) is 24.5 Å². The fourth-order valence-electron chi connectivity index (χ4n) is 3.75. The number of nitrogens with zero attached hydrogens (tertiary/aromatic N) is 3. The minimum Gasteiger partial charge on any atom is -0.748 e. The summed E-state index contributed by atoms with van der Waals surface area (Å²) in [5.41, 5.74) is 10.4. The zero-order valence-corrected chi connectivity index (χ0v) is 20.1. The zero-order valence-electron chi connectivity index (χ0n) is 17.3. The molecule has 2 aromatic carbocycles. The molecule has 4 rings (SSSR count). The van der Waals surface area contributed by atoms with E-state index >= 15 is 0 Å². The minimum atomic E-state index is -4.97. The Hall–Kier alpha value is -1.50. The van der Waals surface area contributed by atoms with Gasteiger partial charge in [0.25, 0.3) is 0 Å². The average molecular weight is 469 g/mol. The first-order valence-corrected chi connectivity index (χ1v) is 11.1. The normalized spacial score (nSPS) is 29.8. The van der Waals surface area contributed by atoms with Crippen molar-refractivity contribution >= 4 is 10.1 Å². The maximum absolute atomic E-state index is 12.1. The fourth-order valence-corrected chi connectivity index (χ4v) is 4.72. The summed E-state index contributed by atoms with van der Waals surface area (Å²) in [6.07, 6.45) is -5.29. The zero-order chi connectivity index (χ0) is 21.8. The summed E-state index contributed by atoms with van der Waals surface area (Å²) in [6.45, 7) is 0.0719. The first-order valence-electron chi connectivity index (χ1n) is 9.59.